The number of nitrogens with one attached hydrogen (secondary N) is 2. The molecule has 134 valence electrons. The zero-order valence-electron chi connectivity index (χ0n) is 14.8. The molecule has 0 spiro atoms. The van der Waals surface area contributed by atoms with E-state index in [-0.39, 0.29) is 11.9 Å². The molecule has 0 saturated carbocycles. The van der Waals surface area contributed by atoms with Gasteiger partial charge in [0.05, 0.1) is 19.8 Å². The van der Waals surface area contributed by atoms with Crippen LogP contribution in [0.2, 0.25) is 0 Å². The highest BCUT2D eigenvalue weighted by Crippen LogP contribution is 2.39. The van der Waals surface area contributed by atoms with Gasteiger partial charge in [-0.25, -0.2) is 0 Å². The maximum Gasteiger partial charge on any atom is 0.251 e. The molecule has 0 unspecified atom stereocenters. The Kier molecular flexibility index (Phi) is 7.18. The SMILES string of the molecule is CCOc1cc(C(=O)N[C@@H]2CCCNC2)cc(OCC)c1OCC. The smallest absolute Gasteiger partial charge is 0.251 e. The van der Waals surface area contributed by atoms with Crippen LogP contribution in [0.25, 0.3) is 0 Å². The van der Waals surface area contributed by atoms with Crippen LogP contribution in [0.1, 0.15) is 44.0 Å². The van der Waals surface area contributed by atoms with Crippen LogP contribution in [0.5, 0.6) is 17.2 Å². The van der Waals surface area contributed by atoms with Crippen LogP contribution in [0.15, 0.2) is 12.1 Å². The first-order chi connectivity index (χ1) is 11.7. The second-order valence-electron chi connectivity index (χ2n) is 5.62. The molecule has 2 N–H and O–H groups in total. The summed E-state index contributed by atoms with van der Waals surface area (Å²) in [6.45, 7) is 9.00. The fourth-order valence-corrected chi connectivity index (χ4v) is 2.76. The van der Waals surface area contributed by atoms with Crippen molar-refractivity contribution in [2.45, 2.75) is 39.7 Å². The molecule has 0 aliphatic carbocycles. The lowest BCUT2D eigenvalue weighted by Crippen LogP contribution is -2.45. The maximum absolute atomic E-state index is 12.6. The van der Waals surface area contributed by atoms with Crippen molar-refractivity contribution in [2.24, 2.45) is 0 Å². The molecule has 1 aromatic rings. The number of carbonyl (C=O) groups excluding carboxylic acids is 1. The van der Waals surface area contributed by atoms with Gasteiger partial charge in [0.1, 0.15) is 0 Å². The Morgan fingerprint density at radius 3 is 2.25 bits per heavy atom. The first-order valence-electron chi connectivity index (χ1n) is 8.77. The summed E-state index contributed by atoms with van der Waals surface area (Å²) in [7, 11) is 0. The Morgan fingerprint density at radius 2 is 1.75 bits per heavy atom. The molecule has 6 heteroatoms. The zero-order valence-corrected chi connectivity index (χ0v) is 14.8. The zero-order chi connectivity index (χ0) is 17.4. The van der Waals surface area contributed by atoms with E-state index in [0.717, 1.165) is 25.9 Å². The Morgan fingerprint density at radius 1 is 1.12 bits per heavy atom. The van der Waals surface area contributed by atoms with Gasteiger partial charge in [-0.05, 0) is 52.3 Å². The molecule has 6 nitrogen and oxygen atoms in total. The van der Waals surface area contributed by atoms with Crippen molar-refractivity contribution < 1.29 is 19.0 Å². The quantitative estimate of drug-likeness (QED) is 0.763. The van der Waals surface area contributed by atoms with Crippen LogP contribution in [0.3, 0.4) is 0 Å². The molecule has 1 fully saturated rings. The highest BCUT2D eigenvalue weighted by Gasteiger charge is 2.21. The molecule has 0 bridgehead atoms. The molecule has 0 radical (unpaired) electrons. The monoisotopic (exact) mass is 336 g/mol. The highest BCUT2D eigenvalue weighted by molar-refractivity contribution is 5.95. The summed E-state index contributed by atoms with van der Waals surface area (Å²) in [5, 5.41) is 6.37. The number of hydrogen-bond acceptors (Lipinski definition) is 5. The minimum Gasteiger partial charge on any atom is -0.490 e. The first-order valence-corrected chi connectivity index (χ1v) is 8.77. The van der Waals surface area contributed by atoms with Crippen LogP contribution in [0.4, 0.5) is 0 Å². The van der Waals surface area contributed by atoms with Crippen LogP contribution >= 0.6 is 0 Å². The Hall–Kier alpha value is -1.95. The number of ether oxygens (including phenoxy) is 3. The lowest BCUT2D eigenvalue weighted by Gasteiger charge is -2.24. The van der Waals surface area contributed by atoms with E-state index in [4.69, 9.17) is 14.2 Å². The van der Waals surface area contributed by atoms with Gasteiger partial charge in [-0.3, -0.25) is 4.79 Å². The molecule has 2 rings (SSSR count). The molecular weight excluding hydrogens is 308 g/mol. The van der Waals surface area contributed by atoms with E-state index < -0.39 is 0 Å². The highest BCUT2D eigenvalue weighted by atomic mass is 16.5. The van der Waals surface area contributed by atoms with Crippen molar-refractivity contribution in [1.82, 2.24) is 10.6 Å². The van der Waals surface area contributed by atoms with E-state index in [0.29, 0.717) is 42.6 Å². The molecule has 1 atom stereocenters. The van der Waals surface area contributed by atoms with E-state index in [2.05, 4.69) is 10.6 Å². The van der Waals surface area contributed by atoms with Gasteiger partial charge >= 0.3 is 0 Å². The summed E-state index contributed by atoms with van der Waals surface area (Å²) in [6.07, 6.45) is 2.06. The van der Waals surface area contributed by atoms with Gasteiger partial charge in [0.2, 0.25) is 5.75 Å². The second-order valence-corrected chi connectivity index (χ2v) is 5.62. The molecule has 1 amide bonds. The van der Waals surface area contributed by atoms with Gasteiger partial charge in [0.15, 0.2) is 11.5 Å². The van der Waals surface area contributed by atoms with Crippen molar-refractivity contribution in [3.8, 4) is 17.2 Å². The van der Waals surface area contributed by atoms with Crippen molar-refractivity contribution in [1.29, 1.82) is 0 Å². The number of piperidine rings is 1. The second kappa shape index (κ2) is 9.37. The molecule has 1 heterocycles. The van der Waals surface area contributed by atoms with E-state index in [9.17, 15) is 4.79 Å². The largest absolute Gasteiger partial charge is 0.490 e. The predicted molar refractivity (Wildman–Crippen MR) is 93.3 cm³/mol. The van der Waals surface area contributed by atoms with Gasteiger partial charge in [-0.2, -0.15) is 0 Å². The number of hydrogen-bond donors (Lipinski definition) is 2. The van der Waals surface area contributed by atoms with Gasteiger partial charge in [0.25, 0.3) is 5.91 Å². The normalized spacial score (nSPS) is 17.2. The summed E-state index contributed by atoms with van der Waals surface area (Å²) >= 11 is 0. The standard InChI is InChI=1S/C18H28N2O4/c1-4-22-15-10-13(11-16(23-5-2)17(15)24-6-3)18(21)20-14-8-7-9-19-12-14/h10-11,14,19H,4-9,12H2,1-3H3,(H,20,21)/t14-/m1/s1. The average molecular weight is 336 g/mol. The number of amides is 1. The molecule has 1 aliphatic heterocycles. The Labute approximate surface area is 143 Å². The number of benzene rings is 1. The molecule has 1 aromatic carbocycles. The predicted octanol–water partition coefficient (Wildman–Crippen LogP) is 2.36. The fraction of sp³-hybridized carbons (Fsp3) is 0.611. The van der Waals surface area contributed by atoms with Gasteiger partial charge < -0.3 is 24.8 Å². The summed E-state index contributed by atoms with van der Waals surface area (Å²) in [5.41, 5.74) is 0.524. The lowest BCUT2D eigenvalue weighted by molar-refractivity contribution is 0.0929. The Bertz CT molecular complexity index is 515. The lowest BCUT2D eigenvalue weighted by atomic mass is 10.1. The van der Waals surface area contributed by atoms with Crippen molar-refractivity contribution in [2.75, 3.05) is 32.9 Å². The summed E-state index contributed by atoms with van der Waals surface area (Å²) in [4.78, 5) is 12.6. The van der Waals surface area contributed by atoms with E-state index in [1.165, 1.54) is 0 Å². The molecule has 24 heavy (non-hydrogen) atoms. The minimum absolute atomic E-state index is 0.117. The van der Waals surface area contributed by atoms with Crippen molar-refractivity contribution in [3.63, 3.8) is 0 Å². The van der Waals surface area contributed by atoms with Crippen LogP contribution in [0, 0.1) is 0 Å². The molecule has 0 aromatic heterocycles. The molecular formula is C18H28N2O4. The minimum atomic E-state index is -0.117. The van der Waals surface area contributed by atoms with Crippen molar-refractivity contribution in [3.05, 3.63) is 17.7 Å². The third-order valence-electron chi connectivity index (χ3n) is 3.80. The van der Waals surface area contributed by atoms with Crippen LogP contribution in [-0.2, 0) is 0 Å². The number of carbonyl (C=O) groups is 1. The summed E-state index contributed by atoms with van der Waals surface area (Å²) in [6, 6.07) is 3.61. The maximum atomic E-state index is 12.6. The third-order valence-corrected chi connectivity index (χ3v) is 3.80. The van der Waals surface area contributed by atoms with Gasteiger partial charge in [0, 0.05) is 18.2 Å². The topological polar surface area (TPSA) is 68.8 Å². The summed E-state index contributed by atoms with van der Waals surface area (Å²) < 4.78 is 17.0. The average Bonchev–Trinajstić information content (AvgIpc) is 2.58. The van der Waals surface area contributed by atoms with Gasteiger partial charge in [-0.15, -0.1) is 0 Å². The fourth-order valence-electron chi connectivity index (χ4n) is 2.76. The van der Waals surface area contributed by atoms with E-state index >= 15 is 0 Å². The van der Waals surface area contributed by atoms with Crippen molar-refractivity contribution >= 4 is 5.91 Å². The van der Waals surface area contributed by atoms with E-state index in [1.54, 1.807) is 12.1 Å². The molecule has 1 aliphatic rings. The molecule has 1 saturated heterocycles. The summed E-state index contributed by atoms with van der Waals surface area (Å²) in [5.74, 6) is 1.51. The third kappa shape index (κ3) is 4.77. The van der Waals surface area contributed by atoms with E-state index in [1.807, 2.05) is 20.8 Å². The number of rotatable bonds is 8. The van der Waals surface area contributed by atoms with Crippen LogP contribution in [-0.4, -0.2) is 44.9 Å². The van der Waals surface area contributed by atoms with Crippen LogP contribution < -0.4 is 24.8 Å². The van der Waals surface area contributed by atoms with Gasteiger partial charge in [-0.1, -0.05) is 0 Å². The Balaban J connectivity index is 2.25. The first kappa shape index (κ1) is 18.4.